The number of hydrogen-bond donors (Lipinski definition) is 0. The highest BCUT2D eigenvalue weighted by atomic mass is 16.6. The van der Waals surface area contributed by atoms with E-state index in [0.29, 0.717) is 16.8 Å². The van der Waals surface area contributed by atoms with Crippen LogP contribution in [0.5, 0.6) is 0 Å². The van der Waals surface area contributed by atoms with Crippen molar-refractivity contribution in [2.75, 3.05) is 0 Å². The Morgan fingerprint density at radius 2 is 1.91 bits per heavy atom. The van der Waals surface area contributed by atoms with Gasteiger partial charge in [-0.1, -0.05) is 29.4 Å². The SMILES string of the molecule is O=C(Cc1noc2ccccc12)OCc1ccccc1[N+](=O)[O-]. The van der Waals surface area contributed by atoms with Crippen molar-refractivity contribution < 1.29 is 19.0 Å². The lowest BCUT2D eigenvalue weighted by Crippen LogP contribution is -2.09. The smallest absolute Gasteiger partial charge is 0.312 e. The van der Waals surface area contributed by atoms with Gasteiger partial charge in [0.1, 0.15) is 12.3 Å². The third-order valence-corrected chi connectivity index (χ3v) is 3.34. The fourth-order valence-corrected chi connectivity index (χ4v) is 2.22. The number of nitro groups is 1. The third-order valence-electron chi connectivity index (χ3n) is 3.34. The molecule has 3 aromatic rings. The monoisotopic (exact) mass is 312 g/mol. The van der Waals surface area contributed by atoms with E-state index in [1.54, 1.807) is 30.3 Å². The number of nitrogens with zero attached hydrogens (tertiary/aromatic N) is 2. The van der Waals surface area contributed by atoms with E-state index in [-0.39, 0.29) is 18.7 Å². The molecule has 1 heterocycles. The quantitative estimate of drug-likeness (QED) is 0.408. The molecule has 0 saturated carbocycles. The number of esters is 1. The molecule has 0 aliphatic rings. The van der Waals surface area contributed by atoms with Crippen molar-refractivity contribution >= 4 is 22.6 Å². The second-order valence-corrected chi connectivity index (χ2v) is 4.85. The van der Waals surface area contributed by atoms with E-state index in [1.165, 1.54) is 6.07 Å². The van der Waals surface area contributed by atoms with E-state index in [0.717, 1.165) is 5.39 Å². The molecule has 0 spiro atoms. The van der Waals surface area contributed by atoms with E-state index < -0.39 is 10.9 Å². The summed E-state index contributed by atoms with van der Waals surface area (Å²) >= 11 is 0. The highest BCUT2D eigenvalue weighted by Gasteiger charge is 2.16. The molecular formula is C16H12N2O5. The molecule has 3 rings (SSSR count). The number of nitro benzene ring substituents is 1. The number of rotatable bonds is 5. The van der Waals surface area contributed by atoms with Gasteiger partial charge in [-0.25, -0.2) is 0 Å². The average molecular weight is 312 g/mol. The largest absolute Gasteiger partial charge is 0.460 e. The summed E-state index contributed by atoms with van der Waals surface area (Å²) in [4.78, 5) is 22.3. The van der Waals surface area contributed by atoms with Crippen LogP contribution >= 0.6 is 0 Å². The number of fused-ring (bicyclic) bond motifs is 1. The topological polar surface area (TPSA) is 95.5 Å². The first-order valence-corrected chi connectivity index (χ1v) is 6.86. The third kappa shape index (κ3) is 3.18. The molecule has 0 aliphatic heterocycles. The second-order valence-electron chi connectivity index (χ2n) is 4.85. The number of hydrogen-bond acceptors (Lipinski definition) is 6. The van der Waals surface area contributed by atoms with Crippen LogP contribution in [0.1, 0.15) is 11.3 Å². The number of aromatic nitrogens is 1. The van der Waals surface area contributed by atoms with Crippen LogP contribution in [0.25, 0.3) is 11.0 Å². The number of carbonyl (C=O) groups is 1. The summed E-state index contributed by atoms with van der Waals surface area (Å²) in [6.07, 6.45) is -0.0579. The number of benzene rings is 2. The Hall–Kier alpha value is -3.22. The Morgan fingerprint density at radius 3 is 2.74 bits per heavy atom. The van der Waals surface area contributed by atoms with Crippen molar-refractivity contribution in [2.45, 2.75) is 13.0 Å². The predicted octanol–water partition coefficient (Wildman–Crippen LogP) is 3.02. The normalized spacial score (nSPS) is 10.6. The van der Waals surface area contributed by atoms with Crippen LogP contribution in [-0.2, 0) is 22.6 Å². The molecule has 23 heavy (non-hydrogen) atoms. The fourth-order valence-electron chi connectivity index (χ4n) is 2.22. The molecule has 0 fully saturated rings. The van der Waals surface area contributed by atoms with Gasteiger partial charge < -0.3 is 9.26 Å². The fraction of sp³-hybridized carbons (Fsp3) is 0.125. The molecule has 7 nitrogen and oxygen atoms in total. The molecular weight excluding hydrogens is 300 g/mol. The zero-order valence-corrected chi connectivity index (χ0v) is 12.0. The maximum atomic E-state index is 11.9. The summed E-state index contributed by atoms with van der Waals surface area (Å²) in [5.74, 6) is -0.526. The van der Waals surface area contributed by atoms with Gasteiger partial charge in [0.25, 0.3) is 5.69 Å². The van der Waals surface area contributed by atoms with E-state index in [4.69, 9.17) is 9.26 Å². The molecule has 0 aliphatic carbocycles. The molecule has 116 valence electrons. The molecule has 0 radical (unpaired) electrons. The summed E-state index contributed by atoms with van der Waals surface area (Å²) in [6.45, 7) is -0.161. The summed E-state index contributed by atoms with van der Waals surface area (Å²) in [7, 11) is 0. The first-order chi connectivity index (χ1) is 11.1. The molecule has 1 aromatic heterocycles. The molecule has 7 heteroatoms. The Kier molecular flexibility index (Phi) is 4.01. The van der Waals surface area contributed by atoms with Crippen molar-refractivity contribution in [3.05, 3.63) is 69.9 Å². The minimum absolute atomic E-state index is 0.0579. The van der Waals surface area contributed by atoms with Crippen LogP contribution in [0.15, 0.2) is 53.1 Å². The molecule has 0 atom stereocenters. The first kappa shape index (κ1) is 14.7. The molecule has 0 bridgehead atoms. The van der Waals surface area contributed by atoms with Crippen molar-refractivity contribution in [1.82, 2.24) is 5.16 Å². The van der Waals surface area contributed by atoms with Crippen LogP contribution in [0.2, 0.25) is 0 Å². The second kappa shape index (κ2) is 6.27. The van der Waals surface area contributed by atoms with E-state index in [1.807, 2.05) is 12.1 Å². The van der Waals surface area contributed by atoms with Crippen LogP contribution < -0.4 is 0 Å². The van der Waals surface area contributed by atoms with Crippen LogP contribution in [0, 0.1) is 10.1 Å². The zero-order valence-electron chi connectivity index (χ0n) is 12.0. The van der Waals surface area contributed by atoms with E-state index >= 15 is 0 Å². The Bertz CT molecular complexity index is 872. The van der Waals surface area contributed by atoms with Gasteiger partial charge in [-0.3, -0.25) is 14.9 Å². The maximum Gasteiger partial charge on any atom is 0.312 e. The van der Waals surface area contributed by atoms with Gasteiger partial charge in [-0.15, -0.1) is 0 Å². The lowest BCUT2D eigenvalue weighted by atomic mass is 10.2. The van der Waals surface area contributed by atoms with Crippen molar-refractivity contribution in [3.8, 4) is 0 Å². The van der Waals surface area contributed by atoms with Crippen molar-refractivity contribution in [1.29, 1.82) is 0 Å². The lowest BCUT2D eigenvalue weighted by Gasteiger charge is -2.04. The molecule has 0 unspecified atom stereocenters. The van der Waals surface area contributed by atoms with E-state index in [2.05, 4.69) is 5.16 Å². The number of para-hydroxylation sites is 2. The molecule has 0 N–H and O–H groups in total. The average Bonchev–Trinajstić information content (AvgIpc) is 2.96. The van der Waals surface area contributed by atoms with Crippen LogP contribution in [0.4, 0.5) is 5.69 Å². The summed E-state index contributed by atoms with van der Waals surface area (Å²) < 4.78 is 10.2. The van der Waals surface area contributed by atoms with Gasteiger partial charge in [0.15, 0.2) is 5.58 Å². The zero-order chi connectivity index (χ0) is 16.2. The summed E-state index contributed by atoms with van der Waals surface area (Å²) in [6, 6.07) is 13.3. The first-order valence-electron chi connectivity index (χ1n) is 6.86. The molecule has 2 aromatic carbocycles. The minimum Gasteiger partial charge on any atom is -0.460 e. The maximum absolute atomic E-state index is 11.9. The molecule has 0 saturated heterocycles. The molecule has 0 amide bonds. The van der Waals surface area contributed by atoms with Gasteiger partial charge >= 0.3 is 5.97 Å². The predicted molar refractivity (Wildman–Crippen MR) is 80.6 cm³/mol. The van der Waals surface area contributed by atoms with Gasteiger partial charge in [-0.05, 0) is 18.2 Å². The number of carbonyl (C=O) groups excluding carboxylic acids is 1. The highest BCUT2D eigenvalue weighted by molar-refractivity contribution is 5.84. The van der Waals surface area contributed by atoms with Crippen molar-refractivity contribution in [3.63, 3.8) is 0 Å². The minimum atomic E-state index is -0.526. The van der Waals surface area contributed by atoms with Crippen LogP contribution in [0.3, 0.4) is 0 Å². The lowest BCUT2D eigenvalue weighted by molar-refractivity contribution is -0.385. The van der Waals surface area contributed by atoms with Crippen molar-refractivity contribution in [2.24, 2.45) is 0 Å². The standard InChI is InChI=1S/C16H12N2O5/c19-16(9-13-12-6-2-4-8-15(12)23-17-13)22-10-11-5-1-3-7-14(11)18(20)21/h1-8H,9-10H2. The van der Waals surface area contributed by atoms with Gasteiger partial charge in [-0.2, -0.15) is 0 Å². The highest BCUT2D eigenvalue weighted by Crippen LogP contribution is 2.20. The number of ether oxygens (including phenoxy) is 1. The summed E-state index contributed by atoms with van der Waals surface area (Å²) in [5.41, 5.74) is 1.34. The Labute approximate surface area is 130 Å². The Morgan fingerprint density at radius 1 is 1.17 bits per heavy atom. The Balaban J connectivity index is 1.68. The summed E-state index contributed by atoms with van der Waals surface area (Å²) in [5, 5.41) is 15.5. The van der Waals surface area contributed by atoms with Gasteiger partial charge in [0, 0.05) is 11.5 Å². The van der Waals surface area contributed by atoms with Gasteiger partial charge in [0.2, 0.25) is 0 Å². The van der Waals surface area contributed by atoms with Gasteiger partial charge in [0.05, 0.1) is 16.9 Å². The van der Waals surface area contributed by atoms with Crippen LogP contribution in [-0.4, -0.2) is 16.0 Å². The van der Waals surface area contributed by atoms with E-state index in [9.17, 15) is 14.9 Å².